The molecule has 30 heavy (non-hydrogen) atoms. The van der Waals surface area contributed by atoms with Crippen LogP contribution in [-0.2, 0) is 31.9 Å². The normalized spacial score (nSPS) is 23.4. The van der Waals surface area contributed by atoms with E-state index in [1.807, 2.05) is 0 Å². The first kappa shape index (κ1) is 22.5. The Morgan fingerprint density at radius 1 is 1.07 bits per heavy atom. The van der Waals surface area contributed by atoms with E-state index in [1.165, 1.54) is 0 Å². The average Bonchev–Trinajstić information content (AvgIpc) is 2.66. The minimum Gasteiger partial charge on any atom is -0.354 e. The number of rotatable bonds is 3. The smallest absolute Gasteiger partial charge is 0.354 e. The van der Waals surface area contributed by atoms with E-state index in [0.29, 0.717) is 18.6 Å². The molecule has 1 fully saturated rings. The van der Waals surface area contributed by atoms with Gasteiger partial charge >= 0.3 is 12.4 Å². The van der Waals surface area contributed by atoms with E-state index >= 15 is 0 Å². The Balaban J connectivity index is 2.17. The second-order valence-corrected chi connectivity index (χ2v) is 9.30. The predicted molar refractivity (Wildman–Crippen MR) is 93.9 cm³/mol. The highest BCUT2D eigenvalue weighted by molar-refractivity contribution is 7.92. The summed E-state index contributed by atoms with van der Waals surface area (Å²) in [4.78, 5) is 0.530. The Labute approximate surface area is 168 Å². The first-order valence-electron chi connectivity index (χ1n) is 8.87. The summed E-state index contributed by atoms with van der Waals surface area (Å²) in [5, 5.41) is 0. The molecular weight excluding hydrogens is 436 g/mol. The maximum atomic E-state index is 13.5. The number of halogens is 6. The molecule has 2 atom stereocenters. The molecule has 0 saturated carbocycles. The van der Waals surface area contributed by atoms with Crippen LogP contribution < -0.4 is 0 Å². The zero-order chi connectivity index (χ0) is 22.4. The zero-order valence-corrected chi connectivity index (χ0v) is 16.4. The topological polar surface area (TPSA) is 56.3 Å². The van der Waals surface area contributed by atoms with Crippen LogP contribution in [0.15, 0.2) is 47.5 Å². The van der Waals surface area contributed by atoms with E-state index in [-0.39, 0.29) is 24.5 Å². The van der Waals surface area contributed by atoms with E-state index in [4.69, 9.17) is 4.74 Å². The lowest BCUT2D eigenvalue weighted by atomic mass is 9.93. The minimum absolute atomic E-state index is 0.0274. The number of pyridine rings is 1. The van der Waals surface area contributed by atoms with Gasteiger partial charge in [0.2, 0.25) is 9.84 Å². The maximum Gasteiger partial charge on any atom is 0.433 e. The first-order valence-corrected chi connectivity index (χ1v) is 10.4. The van der Waals surface area contributed by atoms with Gasteiger partial charge in [-0.2, -0.15) is 26.3 Å². The summed E-state index contributed by atoms with van der Waals surface area (Å²) < 4.78 is 110. The molecule has 0 bridgehead atoms. The predicted octanol–water partition coefficient (Wildman–Crippen LogP) is 5.19. The molecule has 1 aliphatic rings. The summed E-state index contributed by atoms with van der Waals surface area (Å²) in [6, 6.07) is 4.76. The zero-order valence-electron chi connectivity index (χ0n) is 15.6. The van der Waals surface area contributed by atoms with E-state index in [2.05, 4.69) is 4.98 Å². The van der Waals surface area contributed by atoms with Gasteiger partial charge in [0, 0.05) is 18.4 Å². The van der Waals surface area contributed by atoms with Gasteiger partial charge in [-0.3, -0.25) is 4.98 Å². The van der Waals surface area contributed by atoms with Crippen LogP contribution in [0.5, 0.6) is 0 Å². The Morgan fingerprint density at radius 3 is 2.30 bits per heavy atom. The SMILES string of the molecule is CC1CCOC(c2ccc(C(F)(F)F)nc2)(S(=O)(=O)c2cccc(C(F)(F)F)c2)C1. The molecule has 2 aromatic rings. The van der Waals surface area contributed by atoms with Crippen LogP contribution in [0.1, 0.15) is 36.6 Å². The van der Waals surface area contributed by atoms with Crippen LogP contribution in [0.25, 0.3) is 0 Å². The molecular formula is C19H17F6NO3S. The monoisotopic (exact) mass is 453 g/mol. The van der Waals surface area contributed by atoms with E-state index < -0.39 is 43.3 Å². The van der Waals surface area contributed by atoms with Crippen LogP contribution in [0.3, 0.4) is 0 Å². The van der Waals surface area contributed by atoms with E-state index in [1.54, 1.807) is 6.92 Å². The van der Waals surface area contributed by atoms with Crippen molar-refractivity contribution in [1.82, 2.24) is 4.98 Å². The first-order chi connectivity index (χ1) is 13.8. The number of alkyl halides is 6. The molecule has 0 spiro atoms. The Bertz CT molecular complexity index is 1020. The highest BCUT2D eigenvalue weighted by Crippen LogP contribution is 2.46. The lowest BCUT2D eigenvalue weighted by molar-refractivity contribution is -0.141. The summed E-state index contributed by atoms with van der Waals surface area (Å²) in [6.07, 6.45) is -8.39. The van der Waals surface area contributed by atoms with Crippen molar-refractivity contribution in [2.45, 2.75) is 41.9 Å². The van der Waals surface area contributed by atoms with E-state index in [0.717, 1.165) is 30.5 Å². The number of aromatic nitrogens is 1. The van der Waals surface area contributed by atoms with Crippen molar-refractivity contribution in [2.24, 2.45) is 5.92 Å². The quantitative estimate of drug-likeness (QED) is 0.600. The van der Waals surface area contributed by atoms with Gasteiger partial charge < -0.3 is 4.74 Å². The molecule has 1 saturated heterocycles. The van der Waals surface area contributed by atoms with E-state index in [9.17, 15) is 34.8 Å². The highest BCUT2D eigenvalue weighted by Gasteiger charge is 2.51. The fourth-order valence-corrected chi connectivity index (χ4v) is 5.50. The van der Waals surface area contributed by atoms with Gasteiger partial charge in [0.1, 0.15) is 5.69 Å². The van der Waals surface area contributed by atoms with Gasteiger partial charge in [-0.1, -0.05) is 19.1 Å². The van der Waals surface area contributed by atoms with Crippen molar-refractivity contribution in [3.05, 3.63) is 59.4 Å². The molecule has 11 heteroatoms. The van der Waals surface area contributed by atoms with Crippen molar-refractivity contribution in [3.63, 3.8) is 0 Å². The largest absolute Gasteiger partial charge is 0.433 e. The van der Waals surface area contributed by atoms with Crippen molar-refractivity contribution >= 4 is 9.84 Å². The highest BCUT2D eigenvalue weighted by atomic mass is 32.2. The molecule has 3 rings (SSSR count). The molecule has 0 radical (unpaired) electrons. The molecule has 0 N–H and O–H groups in total. The van der Waals surface area contributed by atoms with Crippen LogP contribution in [-0.4, -0.2) is 20.0 Å². The van der Waals surface area contributed by atoms with Gasteiger partial charge in [-0.25, -0.2) is 8.42 Å². The van der Waals surface area contributed by atoms with Gasteiger partial charge in [0.25, 0.3) is 0 Å². The molecule has 164 valence electrons. The molecule has 1 aliphatic heterocycles. The van der Waals surface area contributed by atoms with Gasteiger partial charge in [-0.05, 0) is 43.0 Å². The fourth-order valence-electron chi connectivity index (χ4n) is 3.41. The standard InChI is InChI=1S/C19H17F6NO3S/c1-12-7-8-29-17(10-12,14-5-6-16(26-11-14)19(23,24)25)30(27,28)15-4-2-3-13(9-15)18(20,21)22/h2-6,9,11-12H,7-8,10H2,1H3. The summed E-state index contributed by atoms with van der Waals surface area (Å²) in [6.45, 7) is 1.71. The van der Waals surface area contributed by atoms with Crippen molar-refractivity contribution in [3.8, 4) is 0 Å². The lowest BCUT2D eigenvalue weighted by Gasteiger charge is -2.39. The third-order valence-corrected chi connectivity index (χ3v) is 7.23. The molecule has 2 heterocycles. The van der Waals surface area contributed by atoms with Crippen molar-refractivity contribution < 1.29 is 39.5 Å². The number of nitrogens with zero attached hydrogens (tertiary/aromatic N) is 1. The fraction of sp³-hybridized carbons (Fsp3) is 0.421. The summed E-state index contributed by atoms with van der Waals surface area (Å²) in [5.74, 6) is -0.207. The minimum atomic E-state index is -4.77. The Morgan fingerprint density at radius 2 is 1.77 bits per heavy atom. The van der Waals surface area contributed by atoms with Gasteiger partial charge in [0.05, 0.1) is 10.5 Å². The molecule has 0 aliphatic carbocycles. The maximum absolute atomic E-state index is 13.5. The number of ether oxygens (including phenoxy) is 1. The average molecular weight is 453 g/mol. The summed E-state index contributed by atoms with van der Waals surface area (Å²) >= 11 is 0. The second-order valence-electron chi connectivity index (χ2n) is 7.16. The van der Waals surface area contributed by atoms with Crippen LogP contribution >= 0.6 is 0 Å². The number of sulfone groups is 1. The van der Waals surface area contributed by atoms with Crippen LogP contribution in [0, 0.1) is 5.92 Å². The van der Waals surface area contributed by atoms with Crippen molar-refractivity contribution in [2.75, 3.05) is 6.61 Å². The summed E-state index contributed by atoms with van der Waals surface area (Å²) in [5.41, 5.74) is -2.55. The van der Waals surface area contributed by atoms with Gasteiger partial charge in [0.15, 0.2) is 4.93 Å². The Hall–Kier alpha value is -2.14. The molecule has 0 amide bonds. The molecule has 1 aromatic heterocycles. The number of hydrogen-bond donors (Lipinski definition) is 0. The van der Waals surface area contributed by atoms with Crippen LogP contribution in [0.4, 0.5) is 26.3 Å². The number of benzene rings is 1. The lowest BCUT2D eigenvalue weighted by Crippen LogP contribution is -2.44. The summed E-state index contributed by atoms with van der Waals surface area (Å²) in [7, 11) is -4.58. The second kappa shape index (κ2) is 7.52. The van der Waals surface area contributed by atoms with Crippen LogP contribution in [0.2, 0.25) is 0 Å². The molecule has 1 aromatic carbocycles. The van der Waals surface area contributed by atoms with Crippen molar-refractivity contribution in [1.29, 1.82) is 0 Å². The third kappa shape index (κ3) is 4.04. The van der Waals surface area contributed by atoms with Gasteiger partial charge in [-0.15, -0.1) is 0 Å². The number of hydrogen-bond acceptors (Lipinski definition) is 4. The molecule has 4 nitrogen and oxygen atoms in total. The molecule has 2 unspecified atom stereocenters. The third-order valence-electron chi connectivity index (χ3n) is 4.96. The Kier molecular flexibility index (Phi) is 5.65.